The molecule has 9 heteroatoms. The second-order valence-electron chi connectivity index (χ2n) is 9.93. The zero-order chi connectivity index (χ0) is 30.1. The molecule has 1 aliphatic rings. The number of carbonyl (C=O) groups excluding carboxylic acids is 2. The van der Waals surface area contributed by atoms with E-state index >= 15 is 0 Å². The normalized spacial score (nSPS) is 13.8. The second-order valence-corrected chi connectivity index (χ2v) is 10.4. The third-order valence-electron chi connectivity index (χ3n) is 7.25. The number of hydrogen-bond acceptors (Lipinski definition) is 4. The average molecular weight is 588 g/mol. The number of hydrogen-bond donors (Lipinski definition) is 1. The topological polar surface area (TPSA) is 88.7 Å². The number of nitrogens with one attached hydrogen (secondary N) is 1. The fourth-order valence-corrected chi connectivity index (χ4v) is 5.12. The van der Waals surface area contributed by atoms with Crippen molar-refractivity contribution in [3.8, 4) is 5.69 Å². The van der Waals surface area contributed by atoms with Crippen molar-refractivity contribution in [1.82, 2.24) is 9.36 Å². The zero-order valence-electron chi connectivity index (χ0n) is 23.4. The molecule has 212 valence electrons. The summed E-state index contributed by atoms with van der Waals surface area (Å²) in [6, 6.07) is 32.3. The Labute approximate surface area is 252 Å². The number of amidine groups is 1. The smallest absolute Gasteiger partial charge is 0.295 e. The number of carbonyl (C=O) groups is 2. The second kappa shape index (κ2) is 11.4. The summed E-state index contributed by atoms with van der Waals surface area (Å²) >= 11 is 6.05. The summed E-state index contributed by atoms with van der Waals surface area (Å²) in [5, 5.41) is 3.40. The standard InChI is InChI=1S/C34H26ClN5O3/c1-22-30(34(43)40(38(22)2)26-13-7-4-8-14-26)37-32(41)27-15-9-10-16-29(27)39-31(24-11-5-3-6-12-24)36-28(33(39)42)21-23-17-19-25(35)20-18-23/h3-21H,1-2H3,(H,37,41)/b28-21+. The molecule has 0 fully saturated rings. The monoisotopic (exact) mass is 587 g/mol. The Kier molecular flexibility index (Phi) is 7.36. The highest BCUT2D eigenvalue weighted by atomic mass is 35.5. The molecule has 0 saturated carbocycles. The van der Waals surface area contributed by atoms with Crippen molar-refractivity contribution in [3.63, 3.8) is 0 Å². The SMILES string of the molecule is Cc1c(NC(=O)c2ccccc2N2C(=O)/C(=C\c3ccc(Cl)cc3)N=C2c2ccccc2)c(=O)n(-c2ccccc2)n1C. The lowest BCUT2D eigenvalue weighted by molar-refractivity contribution is -0.113. The van der Waals surface area contributed by atoms with Crippen molar-refractivity contribution in [2.75, 3.05) is 10.2 Å². The first-order valence-electron chi connectivity index (χ1n) is 13.5. The van der Waals surface area contributed by atoms with Crippen LogP contribution in [0.2, 0.25) is 5.02 Å². The molecule has 43 heavy (non-hydrogen) atoms. The van der Waals surface area contributed by atoms with Gasteiger partial charge in [-0.2, -0.15) is 0 Å². The molecule has 6 rings (SSSR count). The van der Waals surface area contributed by atoms with Crippen LogP contribution in [0.1, 0.15) is 27.2 Å². The molecule has 8 nitrogen and oxygen atoms in total. The van der Waals surface area contributed by atoms with Crippen molar-refractivity contribution < 1.29 is 9.59 Å². The Morgan fingerprint density at radius 1 is 0.837 bits per heavy atom. The predicted octanol–water partition coefficient (Wildman–Crippen LogP) is 6.22. The van der Waals surface area contributed by atoms with Crippen LogP contribution in [0.4, 0.5) is 11.4 Å². The van der Waals surface area contributed by atoms with Gasteiger partial charge in [0.2, 0.25) is 0 Å². The molecular weight excluding hydrogens is 562 g/mol. The maximum absolute atomic E-state index is 13.9. The van der Waals surface area contributed by atoms with Gasteiger partial charge in [0, 0.05) is 17.6 Å². The largest absolute Gasteiger partial charge is 0.316 e. The van der Waals surface area contributed by atoms with Crippen LogP contribution in [0.25, 0.3) is 11.8 Å². The van der Waals surface area contributed by atoms with Crippen molar-refractivity contribution in [2.45, 2.75) is 6.92 Å². The Balaban J connectivity index is 1.41. The van der Waals surface area contributed by atoms with E-state index in [2.05, 4.69) is 5.32 Å². The summed E-state index contributed by atoms with van der Waals surface area (Å²) in [7, 11) is 1.76. The van der Waals surface area contributed by atoms with Gasteiger partial charge in [0.25, 0.3) is 17.4 Å². The zero-order valence-corrected chi connectivity index (χ0v) is 24.1. The fraction of sp³-hybridized carbons (Fsp3) is 0.0588. The summed E-state index contributed by atoms with van der Waals surface area (Å²) < 4.78 is 3.19. The van der Waals surface area contributed by atoms with Crippen molar-refractivity contribution in [3.05, 3.63) is 153 Å². The third-order valence-corrected chi connectivity index (χ3v) is 7.50. The van der Waals surface area contributed by atoms with E-state index in [0.29, 0.717) is 33.5 Å². The van der Waals surface area contributed by atoms with Gasteiger partial charge in [0.15, 0.2) is 0 Å². The summed E-state index contributed by atoms with van der Waals surface area (Å²) in [5.74, 6) is -0.540. The van der Waals surface area contributed by atoms with Crippen LogP contribution >= 0.6 is 11.6 Å². The maximum Gasteiger partial charge on any atom is 0.295 e. The first kappa shape index (κ1) is 27.7. The summed E-state index contributed by atoms with van der Waals surface area (Å²) in [6.45, 7) is 1.76. The number of aromatic nitrogens is 2. The van der Waals surface area contributed by atoms with Gasteiger partial charge in [-0.3, -0.25) is 24.0 Å². The third kappa shape index (κ3) is 5.20. The van der Waals surface area contributed by atoms with Crippen molar-refractivity contribution >= 4 is 46.7 Å². The van der Waals surface area contributed by atoms with Crippen LogP contribution in [0, 0.1) is 6.92 Å². The lowest BCUT2D eigenvalue weighted by Crippen LogP contribution is -2.34. The molecule has 0 spiro atoms. The van der Waals surface area contributed by atoms with Crippen LogP contribution in [0.15, 0.2) is 125 Å². The summed E-state index contributed by atoms with van der Waals surface area (Å²) in [5.41, 5.74) is 3.25. The number of amides is 2. The van der Waals surface area contributed by atoms with E-state index in [1.54, 1.807) is 73.3 Å². The highest BCUT2D eigenvalue weighted by molar-refractivity contribution is 6.34. The van der Waals surface area contributed by atoms with E-state index < -0.39 is 11.8 Å². The average Bonchev–Trinajstić information content (AvgIpc) is 3.46. The maximum atomic E-state index is 13.9. The Morgan fingerprint density at radius 2 is 1.47 bits per heavy atom. The summed E-state index contributed by atoms with van der Waals surface area (Å²) in [4.78, 5) is 47.4. The van der Waals surface area contributed by atoms with Gasteiger partial charge in [-0.05, 0) is 55.0 Å². The minimum atomic E-state index is -0.531. The molecule has 5 aromatic rings. The molecule has 2 heterocycles. The Hall–Kier alpha value is -5.47. The first-order valence-corrected chi connectivity index (χ1v) is 13.9. The van der Waals surface area contributed by atoms with E-state index in [0.717, 1.165) is 5.56 Å². The van der Waals surface area contributed by atoms with Gasteiger partial charge in [0.1, 0.15) is 17.2 Å². The van der Waals surface area contributed by atoms with E-state index in [4.69, 9.17) is 16.6 Å². The molecule has 0 bridgehead atoms. The van der Waals surface area contributed by atoms with Gasteiger partial charge in [-0.1, -0.05) is 84.4 Å². The fourth-order valence-electron chi connectivity index (χ4n) is 4.99. The molecule has 1 aromatic heterocycles. The Morgan fingerprint density at radius 3 is 2.16 bits per heavy atom. The minimum Gasteiger partial charge on any atom is -0.316 e. The van der Waals surface area contributed by atoms with Gasteiger partial charge in [-0.15, -0.1) is 0 Å². The van der Waals surface area contributed by atoms with Crippen molar-refractivity contribution in [2.24, 2.45) is 12.0 Å². The number of para-hydroxylation sites is 2. The highest BCUT2D eigenvalue weighted by Crippen LogP contribution is 2.31. The number of nitrogens with zero attached hydrogens (tertiary/aromatic N) is 4. The Bertz CT molecular complexity index is 1970. The molecule has 1 aliphatic heterocycles. The van der Waals surface area contributed by atoms with Gasteiger partial charge < -0.3 is 5.32 Å². The number of aliphatic imine (C=N–C) groups is 1. The molecule has 0 atom stereocenters. The molecule has 0 radical (unpaired) electrons. The lowest BCUT2D eigenvalue weighted by atomic mass is 10.1. The molecule has 0 saturated heterocycles. The van der Waals surface area contributed by atoms with Gasteiger partial charge in [-0.25, -0.2) is 9.67 Å². The first-order chi connectivity index (χ1) is 20.8. The minimum absolute atomic E-state index is 0.152. The van der Waals surface area contributed by atoms with E-state index in [9.17, 15) is 14.4 Å². The van der Waals surface area contributed by atoms with Crippen LogP contribution in [0.5, 0.6) is 0 Å². The molecular formula is C34H26ClN5O3. The van der Waals surface area contributed by atoms with Crippen LogP contribution < -0.4 is 15.8 Å². The molecule has 2 amide bonds. The number of anilines is 2. The molecule has 1 N–H and O–H groups in total. The number of halogens is 1. The number of benzene rings is 4. The van der Waals surface area contributed by atoms with E-state index in [1.807, 2.05) is 60.7 Å². The van der Waals surface area contributed by atoms with Crippen LogP contribution in [-0.2, 0) is 11.8 Å². The molecule has 4 aromatic carbocycles. The van der Waals surface area contributed by atoms with Crippen LogP contribution in [0.3, 0.4) is 0 Å². The lowest BCUT2D eigenvalue weighted by Gasteiger charge is -2.21. The summed E-state index contributed by atoms with van der Waals surface area (Å²) in [6.07, 6.45) is 1.68. The molecule has 0 aliphatic carbocycles. The van der Waals surface area contributed by atoms with Crippen molar-refractivity contribution in [1.29, 1.82) is 0 Å². The molecule has 0 unspecified atom stereocenters. The van der Waals surface area contributed by atoms with E-state index in [1.165, 1.54) is 9.58 Å². The van der Waals surface area contributed by atoms with E-state index in [-0.39, 0.29) is 22.5 Å². The predicted molar refractivity (Wildman–Crippen MR) is 170 cm³/mol. The van der Waals surface area contributed by atoms with Gasteiger partial charge >= 0.3 is 0 Å². The quantitative estimate of drug-likeness (QED) is 0.239. The number of rotatable bonds is 6. The van der Waals surface area contributed by atoms with Crippen LogP contribution in [-0.4, -0.2) is 27.0 Å². The van der Waals surface area contributed by atoms with Gasteiger partial charge in [0.05, 0.1) is 22.6 Å². The highest BCUT2D eigenvalue weighted by Gasteiger charge is 2.35.